The molecule has 0 bridgehead atoms. The first kappa shape index (κ1) is 21.5. The molecule has 0 saturated carbocycles. The van der Waals surface area contributed by atoms with Crippen LogP contribution >= 0.6 is 11.6 Å². The molecule has 0 aliphatic heterocycles. The zero-order chi connectivity index (χ0) is 20.8. The molecule has 0 radical (unpaired) electrons. The number of primary amides is 1. The van der Waals surface area contributed by atoms with Crippen molar-refractivity contribution in [3.8, 4) is 0 Å². The number of hydrogen-bond donors (Lipinski definition) is 2. The quantitative estimate of drug-likeness (QED) is 0.519. The van der Waals surface area contributed by atoms with Gasteiger partial charge in [-0.25, -0.2) is 4.79 Å². The number of amides is 2. The van der Waals surface area contributed by atoms with E-state index in [4.69, 9.17) is 22.1 Å². The number of carbonyl (C=O) groups is 3. The molecule has 0 aliphatic carbocycles. The number of ether oxygens (including phenoxy) is 1. The number of aryl methyl sites for hydroxylation is 1. The number of aromatic nitrogens is 1. The third kappa shape index (κ3) is 5.36. The summed E-state index contributed by atoms with van der Waals surface area (Å²) in [4.78, 5) is 35.9. The van der Waals surface area contributed by atoms with Crippen LogP contribution in [0.4, 0.5) is 4.79 Å². The number of urea groups is 1. The van der Waals surface area contributed by atoms with Gasteiger partial charge in [0.15, 0.2) is 6.61 Å². The normalized spacial score (nSPS) is 11.7. The molecule has 2 aromatic rings. The lowest BCUT2D eigenvalue weighted by Gasteiger charge is -2.17. The van der Waals surface area contributed by atoms with Gasteiger partial charge in [-0.1, -0.05) is 23.7 Å². The average Bonchev–Trinajstić information content (AvgIpc) is 2.93. The van der Waals surface area contributed by atoms with E-state index >= 15 is 0 Å². The molecule has 3 N–H and O–H groups in total. The summed E-state index contributed by atoms with van der Waals surface area (Å²) in [6, 6.07) is 7.00. The number of nitrogens with one attached hydrogen (secondary N) is 1. The van der Waals surface area contributed by atoms with Gasteiger partial charge in [0.25, 0.3) is 0 Å². The van der Waals surface area contributed by atoms with E-state index in [0.29, 0.717) is 16.1 Å². The average molecular weight is 406 g/mol. The van der Waals surface area contributed by atoms with E-state index < -0.39 is 18.0 Å². The lowest BCUT2D eigenvalue weighted by molar-refractivity contribution is -0.143. The standard InChI is InChI=1S/C20H24ClN3O4/c1-4-24-12(2)9-16(13(24)3)18(25)11-28-19(26)10-17(23-20(22)27)14-5-7-15(21)8-6-14/h5-9,17H,4,10-11H2,1-3H3,(H3,22,23,27)/t17-/m0/s1. The first-order chi connectivity index (χ1) is 13.2. The summed E-state index contributed by atoms with van der Waals surface area (Å²) in [6.07, 6.45) is -0.161. The second-order valence-corrected chi connectivity index (χ2v) is 6.87. The maximum atomic E-state index is 12.4. The first-order valence-corrected chi connectivity index (χ1v) is 9.27. The number of carbonyl (C=O) groups excluding carboxylic acids is 3. The fourth-order valence-electron chi connectivity index (χ4n) is 3.14. The zero-order valence-electron chi connectivity index (χ0n) is 16.1. The van der Waals surface area contributed by atoms with E-state index in [9.17, 15) is 14.4 Å². The van der Waals surface area contributed by atoms with Gasteiger partial charge in [0.2, 0.25) is 5.78 Å². The summed E-state index contributed by atoms with van der Waals surface area (Å²) in [5, 5.41) is 3.03. The predicted molar refractivity (Wildman–Crippen MR) is 106 cm³/mol. The Morgan fingerprint density at radius 3 is 2.39 bits per heavy atom. The number of rotatable bonds is 8. The van der Waals surface area contributed by atoms with Crippen molar-refractivity contribution in [3.63, 3.8) is 0 Å². The number of nitrogens with two attached hydrogens (primary N) is 1. The van der Waals surface area contributed by atoms with Crippen molar-refractivity contribution < 1.29 is 19.1 Å². The van der Waals surface area contributed by atoms with Crippen LogP contribution in [0.25, 0.3) is 0 Å². The molecule has 28 heavy (non-hydrogen) atoms. The van der Waals surface area contributed by atoms with Crippen molar-refractivity contribution in [2.75, 3.05) is 6.61 Å². The SMILES string of the molecule is CCn1c(C)cc(C(=O)COC(=O)C[C@H](NC(N)=O)c2ccc(Cl)cc2)c1C. The molecule has 2 rings (SSSR count). The summed E-state index contributed by atoms with van der Waals surface area (Å²) in [7, 11) is 0. The molecule has 1 heterocycles. The van der Waals surface area contributed by atoms with Gasteiger partial charge in [-0.15, -0.1) is 0 Å². The number of Topliss-reactive ketones (excluding diaryl/α,β-unsaturated/α-hetero) is 1. The highest BCUT2D eigenvalue weighted by Crippen LogP contribution is 2.20. The predicted octanol–water partition coefficient (Wildman–Crippen LogP) is 3.30. The van der Waals surface area contributed by atoms with Crippen LogP contribution in [0.15, 0.2) is 30.3 Å². The van der Waals surface area contributed by atoms with Gasteiger partial charge >= 0.3 is 12.0 Å². The van der Waals surface area contributed by atoms with Crippen molar-refractivity contribution in [1.29, 1.82) is 0 Å². The van der Waals surface area contributed by atoms with Gasteiger partial charge in [0.05, 0.1) is 12.5 Å². The topological polar surface area (TPSA) is 103 Å². The van der Waals surface area contributed by atoms with Crippen LogP contribution in [0.3, 0.4) is 0 Å². The number of ketones is 1. The van der Waals surface area contributed by atoms with E-state index in [1.807, 2.05) is 25.3 Å². The Balaban J connectivity index is 2.01. The number of esters is 1. The molecule has 7 nitrogen and oxygen atoms in total. The largest absolute Gasteiger partial charge is 0.457 e. The van der Waals surface area contributed by atoms with E-state index in [-0.39, 0.29) is 18.8 Å². The first-order valence-electron chi connectivity index (χ1n) is 8.89. The fraction of sp³-hybridized carbons (Fsp3) is 0.350. The zero-order valence-corrected chi connectivity index (χ0v) is 16.9. The summed E-state index contributed by atoms with van der Waals surface area (Å²) < 4.78 is 7.15. The maximum absolute atomic E-state index is 12.4. The molecule has 0 saturated heterocycles. The number of benzene rings is 1. The Kier molecular flexibility index (Phi) is 7.23. The van der Waals surface area contributed by atoms with Gasteiger partial charge in [-0.05, 0) is 44.5 Å². The Morgan fingerprint density at radius 2 is 1.86 bits per heavy atom. The highest BCUT2D eigenvalue weighted by Gasteiger charge is 2.21. The smallest absolute Gasteiger partial charge is 0.312 e. The van der Waals surface area contributed by atoms with Crippen LogP contribution in [0.2, 0.25) is 5.02 Å². The highest BCUT2D eigenvalue weighted by molar-refractivity contribution is 6.30. The summed E-state index contributed by atoms with van der Waals surface area (Å²) in [5.74, 6) is -0.890. The lowest BCUT2D eigenvalue weighted by atomic mass is 10.0. The van der Waals surface area contributed by atoms with Crippen LogP contribution in [-0.2, 0) is 16.1 Å². The van der Waals surface area contributed by atoms with Crippen LogP contribution in [0.1, 0.15) is 46.7 Å². The molecule has 8 heteroatoms. The molecule has 1 atom stereocenters. The van der Waals surface area contributed by atoms with Crippen LogP contribution < -0.4 is 11.1 Å². The molecule has 0 aliphatic rings. The summed E-state index contributed by atoms with van der Waals surface area (Å²) in [5.41, 5.74) is 8.20. The van der Waals surface area contributed by atoms with Crippen LogP contribution in [0.5, 0.6) is 0 Å². The number of halogens is 1. The molecule has 0 fully saturated rings. The Labute approximate surface area is 168 Å². The second-order valence-electron chi connectivity index (χ2n) is 6.43. The van der Waals surface area contributed by atoms with Crippen LogP contribution in [0, 0.1) is 13.8 Å². The number of nitrogens with zero attached hydrogens (tertiary/aromatic N) is 1. The van der Waals surface area contributed by atoms with Gasteiger partial charge in [0.1, 0.15) is 0 Å². The van der Waals surface area contributed by atoms with Crippen molar-refractivity contribution in [3.05, 3.63) is 57.9 Å². The third-order valence-corrected chi connectivity index (χ3v) is 4.77. The minimum Gasteiger partial charge on any atom is -0.457 e. The molecule has 1 aromatic heterocycles. The molecule has 0 spiro atoms. The van der Waals surface area contributed by atoms with Gasteiger partial charge in [-0.2, -0.15) is 0 Å². The molecular formula is C20H24ClN3O4. The van der Waals surface area contributed by atoms with Gasteiger partial charge < -0.3 is 20.4 Å². The minimum absolute atomic E-state index is 0.161. The van der Waals surface area contributed by atoms with E-state index in [0.717, 1.165) is 17.9 Å². The second kappa shape index (κ2) is 9.41. The molecular weight excluding hydrogens is 382 g/mol. The summed E-state index contributed by atoms with van der Waals surface area (Å²) in [6.45, 7) is 6.17. The van der Waals surface area contributed by atoms with Crippen molar-refractivity contribution in [1.82, 2.24) is 9.88 Å². The molecule has 2 amide bonds. The van der Waals surface area contributed by atoms with Gasteiger partial charge in [0, 0.05) is 28.5 Å². The van der Waals surface area contributed by atoms with Crippen molar-refractivity contribution in [2.45, 2.75) is 39.8 Å². The van der Waals surface area contributed by atoms with Gasteiger partial charge in [-0.3, -0.25) is 9.59 Å². The number of hydrogen-bond acceptors (Lipinski definition) is 4. The van der Waals surface area contributed by atoms with E-state index in [1.165, 1.54) is 0 Å². The Bertz CT molecular complexity index is 874. The molecule has 0 unspecified atom stereocenters. The van der Waals surface area contributed by atoms with E-state index in [1.54, 1.807) is 30.3 Å². The fourth-order valence-corrected chi connectivity index (χ4v) is 3.26. The Morgan fingerprint density at radius 1 is 1.21 bits per heavy atom. The maximum Gasteiger partial charge on any atom is 0.312 e. The van der Waals surface area contributed by atoms with Crippen molar-refractivity contribution in [2.24, 2.45) is 5.73 Å². The summed E-state index contributed by atoms with van der Waals surface area (Å²) >= 11 is 5.86. The third-order valence-electron chi connectivity index (χ3n) is 4.51. The van der Waals surface area contributed by atoms with E-state index in [2.05, 4.69) is 5.32 Å². The highest BCUT2D eigenvalue weighted by atomic mass is 35.5. The monoisotopic (exact) mass is 405 g/mol. The lowest BCUT2D eigenvalue weighted by Crippen LogP contribution is -2.34. The molecule has 1 aromatic carbocycles. The minimum atomic E-state index is -0.768. The molecule has 150 valence electrons. The van der Waals surface area contributed by atoms with Crippen molar-refractivity contribution >= 4 is 29.4 Å². The Hall–Kier alpha value is -2.80. The van der Waals surface area contributed by atoms with Crippen LogP contribution in [-0.4, -0.2) is 29.0 Å².